The molecule has 0 radical (unpaired) electrons. The highest BCUT2D eigenvalue weighted by Gasteiger charge is 2.42. The Bertz CT molecular complexity index is 403. The molecule has 1 fully saturated rings. The van der Waals surface area contributed by atoms with Gasteiger partial charge in [0, 0.05) is 19.5 Å². The number of hydrogen-bond donors (Lipinski definition) is 3. The highest BCUT2D eigenvalue weighted by molar-refractivity contribution is 5.90. The first-order valence-electron chi connectivity index (χ1n) is 7.31. The van der Waals surface area contributed by atoms with Gasteiger partial charge in [0.1, 0.15) is 6.04 Å². The number of carbonyl (C=O) groups excluding carboxylic acids is 2. The van der Waals surface area contributed by atoms with E-state index in [4.69, 9.17) is 5.73 Å². The van der Waals surface area contributed by atoms with Gasteiger partial charge in [0.15, 0.2) is 0 Å². The third-order valence-electron chi connectivity index (χ3n) is 3.71. The van der Waals surface area contributed by atoms with Gasteiger partial charge in [0.25, 0.3) is 0 Å². The molecule has 1 aliphatic rings. The molecule has 0 aromatic carbocycles. The molecule has 4 N–H and O–H groups in total. The Hall–Kier alpha value is -1.40. The minimum atomic E-state index is -0.703. The fraction of sp³-hybridized carbons (Fsp3) is 0.733. The van der Waals surface area contributed by atoms with Crippen molar-refractivity contribution in [2.75, 3.05) is 13.1 Å². The highest BCUT2D eigenvalue weighted by atomic mass is 16.3. The number of aliphatic hydroxyl groups is 1. The predicted molar refractivity (Wildman–Crippen MR) is 81.4 cm³/mol. The first-order valence-corrected chi connectivity index (χ1v) is 7.31. The van der Waals surface area contributed by atoms with Crippen LogP contribution in [0.2, 0.25) is 0 Å². The molecule has 0 aromatic rings. The van der Waals surface area contributed by atoms with Crippen molar-refractivity contribution >= 4 is 11.8 Å². The number of likely N-dealkylation sites (tertiary alicyclic amines) is 1. The van der Waals surface area contributed by atoms with Crippen LogP contribution in [-0.4, -0.2) is 53.1 Å². The first kappa shape index (κ1) is 17.7. The number of carbonyl (C=O) groups is 2. The van der Waals surface area contributed by atoms with Gasteiger partial charge >= 0.3 is 0 Å². The van der Waals surface area contributed by atoms with Crippen LogP contribution in [0.5, 0.6) is 0 Å². The minimum absolute atomic E-state index is 0.155. The van der Waals surface area contributed by atoms with Crippen molar-refractivity contribution in [2.45, 2.75) is 51.8 Å². The van der Waals surface area contributed by atoms with Gasteiger partial charge in [-0.15, -0.1) is 6.58 Å². The molecule has 3 atom stereocenters. The smallest absolute Gasteiger partial charge is 0.242 e. The average Bonchev–Trinajstić information content (AvgIpc) is 2.78. The summed E-state index contributed by atoms with van der Waals surface area (Å²) in [7, 11) is 0. The number of nitrogens with two attached hydrogens (primary N) is 1. The summed E-state index contributed by atoms with van der Waals surface area (Å²) in [4.78, 5) is 26.0. The molecule has 0 saturated carbocycles. The van der Waals surface area contributed by atoms with Crippen LogP contribution in [0.25, 0.3) is 0 Å². The molecule has 1 aliphatic heterocycles. The fourth-order valence-electron chi connectivity index (χ4n) is 2.27. The zero-order valence-electron chi connectivity index (χ0n) is 13.1. The summed E-state index contributed by atoms with van der Waals surface area (Å²) in [5.74, 6) is -0.536. The summed E-state index contributed by atoms with van der Waals surface area (Å²) in [5, 5.41) is 12.5. The molecule has 0 bridgehead atoms. The second kappa shape index (κ2) is 7.04. The number of aliphatic hydroxyl groups excluding tert-OH is 1. The van der Waals surface area contributed by atoms with Crippen molar-refractivity contribution in [1.29, 1.82) is 0 Å². The van der Waals surface area contributed by atoms with Gasteiger partial charge < -0.3 is 21.1 Å². The molecule has 0 spiro atoms. The van der Waals surface area contributed by atoms with Crippen LogP contribution < -0.4 is 11.1 Å². The van der Waals surface area contributed by atoms with Crippen LogP contribution in [0, 0.1) is 5.41 Å². The normalized spacial score (nSPS) is 23.8. The summed E-state index contributed by atoms with van der Waals surface area (Å²) in [5.41, 5.74) is 5.59. The predicted octanol–water partition coefficient (Wildman–Crippen LogP) is 0.0139. The van der Waals surface area contributed by atoms with Gasteiger partial charge in [-0.1, -0.05) is 26.8 Å². The first-order chi connectivity index (χ1) is 9.68. The van der Waals surface area contributed by atoms with Crippen LogP contribution in [0.3, 0.4) is 0 Å². The van der Waals surface area contributed by atoms with E-state index in [9.17, 15) is 14.7 Å². The molecule has 0 aliphatic carbocycles. The quantitative estimate of drug-likeness (QED) is 0.492. The number of nitrogens with one attached hydrogen (secondary N) is 1. The molecule has 21 heavy (non-hydrogen) atoms. The molecule has 1 unspecified atom stereocenters. The molecule has 6 heteroatoms. The Kier molecular flexibility index (Phi) is 5.92. The van der Waals surface area contributed by atoms with E-state index in [1.54, 1.807) is 6.08 Å². The molecular weight excluding hydrogens is 270 g/mol. The lowest BCUT2D eigenvalue weighted by molar-refractivity contribution is -0.141. The molecular formula is C15H27N3O3. The Balaban J connectivity index is 2.76. The van der Waals surface area contributed by atoms with Crippen LogP contribution >= 0.6 is 0 Å². The Morgan fingerprint density at radius 2 is 2.14 bits per heavy atom. The van der Waals surface area contributed by atoms with E-state index in [1.807, 2.05) is 20.8 Å². The van der Waals surface area contributed by atoms with E-state index < -0.39 is 23.6 Å². The van der Waals surface area contributed by atoms with Crippen LogP contribution in [0.4, 0.5) is 0 Å². The largest absolute Gasteiger partial charge is 0.391 e. The lowest BCUT2D eigenvalue weighted by Gasteiger charge is -2.32. The van der Waals surface area contributed by atoms with Gasteiger partial charge in [-0.3, -0.25) is 9.59 Å². The number of amides is 2. The maximum absolute atomic E-state index is 12.5. The summed E-state index contributed by atoms with van der Waals surface area (Å²) in [6.45, 7) is 9.85. The fourth-order valence-corrected chi connectivity index (χ4v) is 2.27. The van der Waals surface area contributed by atoms with E-state index in [0.717, 1.165) is 0 Å². The lowest BCUT2D eigenvalue weighted by Crippen LogP contribution is -2.55. The van der Waals surface area contributed by atoms with Crippen molar-refractivity contribution in [2.24, 2.45) is 11.1 Å². The third kappa shape index (κ3) is 4.54. The van der Waals surface area contributed by atoms with E-state index in [0.29, 0.717) is 13.0 Å². The van der Waals surface area contributed by atoms with E-state index in [1.165, 1.54) is 4.90 Å². The molecule has 6 nitrogen and oxygen atoms in total. The summed E-state index contributed by atoms with van der Waals surface area (Å²) >= 11 is 0. The minimum Gasteiger partial charge on any atom is -0.391 e. The van der Waals surface area contributed by atoms with Crippen molar-refractivity contribution in [1.82, 2.24) is 10.2 Å². The molecule has 2 amide bonds. The average molecular weight is 297 g/mol. The number of hydrogen-bond acceptors (Lipinski definition) is 4. The van der Waals surface area contributed by atoms with Crippen molar-refractivity contribution in [3.63, 3.8) is 0 Å². The SMILES string of the molecule is C=CCCNC(=O)[C@@H]1C[C@@H](O)CN1C(=O)C(N)C(C)(C)C. The number of β-amino-alcohol motifs (C(OH)–C–C–N with tert-alkyl or cyclic N) is 1. The second-order valence-corrected chi connectivity index (χ2v) is 6.61. The van der Waals surface area contributed by atoms with Crippen molar-refractivity contribution in [3.05, 3.63) is 12.7 Å². The van der Waals surface area contributed by atoms with Gasteiger partial charge in [0.05, 0.1) is 12.1 Å². The molecule has 120 valence electrons. The van der Waals surface area contributed by atoms with Crippen LogP contribution in [0.15, 0.2) is 12.7 Å². The van der Waals surface area contributed by atoms with Crippen LogP contribution in [0.1, 0.15) is 33.6 Å². The zero-order chi connectivity index (χ0) is 16.2. The highest BCUT2D eigenvalue weighted by Crippen LogP contribution is 2.24. The standard InChI is InChI=1S/C15H27N3O3/c1-5-6-7-17-13(20)11-8-10(19)9-18(11)14(21)12(16)15(2,3)4/h5,10-12,19H,1,6-9,16H2,2-4H3,(H,17,20)/t10-,11+,12?/m1/s1. The van der Waals surface area contributed by atoms with Gasteiger partial charge in [-0.2, -0.15) is 0 Å². The molecule has 0 aromatic heterocycles. The molecule has 1 rings (SSSR count). The topological polar surface area (TPSA) is 95.7 Å². The summed E-state index contributed by atoms with van der Waals surface area (Å²) in [6.07, 6.45) is 1.94. The third-order valence-corrected chi connectivity index (χ3v) is 3.71. The number of nitrogens with zero attached hydrogens (tertiary/aromatic N) is 1. The zero-order valence-corrected chi connectivity index (χ0v) is 13.1. The van der Waals surface area contributed by atoms with Crippen LogP contribution in [-0.2, 0) is 9.59 Å². The summed E-state index contributed by atoms with van der Waals surface area (Å²) in [6, 6.07) is -1.35. The van der Waals surface area contributed by atoms with E-state index in [-0.39, 0.29) is 24.8 Å². The molecule has 1 heterocycles. The van der Waals surface area contributed by atoms with Gasteiger partial charge in [-0.25, -0.2) is 0 Å². The number of rotatable bonds is 5. The lowest BCUT2D eigenvalue weighted by atomic mass is 9.86. The summed E-state index contributed by atoms with van der Waals surface area (Å²) < 4.78 is 0. The van der Waals surface area contributed by atoms with Crippen molar-refractivity contribution in [3.8, 4) is 0 Å². The Morgan fingerprint density at radius 1 is 1.52 bits per heavy atom. The maximum atomic E-state index is 12.5. The van der Waals surface area contributed by atoms with Gasteiger partial charge in [0.2, 0.25) is 11.8 Å². The van der Waals surface area contributed by atoms with E-state index >= 15 is 0 Å². The monoisotopic (exact) mass is 297 g/mol. The Labute approximate surface area is 126 Å². The van der Waals surface area contributed by atoms with Crippen molar-refractivity contribution < 1.29 is 14.7 Å². The molecule has 1 saturated heterocycles. The second-order valence-electron chi connectivity index (χ2n) is 6.61. The Morgan fingerprint density at radius 3 is 2.67 bits per heavy atom. The van der Waals surface area contributed by atoms with E-state index in [2.05, 4.69) is 11.9 Å². The maximum Gasteiger partial charge on any atom is 0.242 e. The van der Waals surface area contributed by atoms with Gasteiger partial charge in [-0.05, 0) is 11.8 Å².